The number of aromatic amines is 1. The number of carbonyl (C=O) groups is 1. The van der Waals surface area contributed by atoms with Gasteiger partial charge >= 0.3 is 0 Å². The third-order valence-electron chi connectivity index (χ3n) is 2.20. The molecule has 1 heterocycles. The maximum absolute atomic E-state index is 12.0. The van der Waals surface area contributed by atoms with E-state index in [1.54, 1.807) is 11.0 Å². The van der Waals surface area contributed by atoms with Gasteiger partial charge in [-0.3, -0.25) is 9.59 Å². The van der Waals surface area contributed by atoms with Crippen LogP contribution < -0.4 is 11.3 Å². The van der Waals surface area contributed by atoms with Gasteiger partial charge in [0, 0.05) is 37.5 Å². The van der Waals surface area contributed by atoms with Gasteiger partial charge in [0.05, 0.1) is 0 Å². The molecule has 0 aromatic carbocycles. The Balaban J connectivity index is 2.85. The summed E-state index contributed by atoms with van der Waals surface area (Å²) >= 11 is 0. The van der Waals surface area contributed by atoms with E-state index in [4.69, 9.17) is 5.73 Å². The molecule has 0 fully saturated rings. The molecule has 1 aromatic rings. The van der Waals surface area contributed by atoms with Gasteiger partial charge in [0.15, 0.2) is 0 Å². The zero-order valence-corrected chi connectivity index (χ0v) is 9.40. The predicted molar refractivity (Wildman–Crippen MR) is 62.3 cm³/mol. The first-order chi connectivity index (χ1) is 7.69. The Labute approximate surface area is 94.3 Å². The second-order valence-corrected chi connectivity index (χ2v) is 3.52. The number of carbonyl (C=O) groups excluding carboxylic acids is 1. The molecule has 0 spiro atoms. The van der Waals surface area contributed by atoms with Crippen molar-refractivity contribution < 1.29 is 4.79 Å². The van der Waals surface area contributed by atoms with Gasteiger partial charge in [0.25, 0.3) is 5.91 Å². The highest BCUT2D eigenvalue weighted by atomic mass is 16.2. The Hall–Kier alpha value is -1.62. The average molecular weight is 223 g/mol. The van der Waals surface area contributed by atoms with Crippen LogP contribution >= 0.6 is 0 Å². The fraction of sp³-hybridized carbons (Fsp3) is 0.455. The van der Waals surface area contributed by atoms with E-state index < -0.39 is 0 Å². The van der Waals surface area contributed by atoms with Crippen LogP contribution in [0.2, 0.25) is 0 Å². The number of aromatic nitrogens is 1. The van der Waals surface area contributed by atoms with Crippen molar-refractivity contribution in [3.63, 3.8) is 0 Å². The number of nitrogens with zero attached hydrogens (tertiary/aromatic N) is 1. The van der Waals surface area contributed by atoms with Gasteiger partial charge in [-0.05, 0) is 12.5 Å². The Morgan fingerprint density at radius 1 is 1.50 bits per heavy atom. The summed E-state index contributed by atoms with van der Waals surface area (Å²) in [6, 6.07) is 2.91. The maximum Gasteiger partial charge on any atom is 0.254 e. The van der Waals surface area contributed by atoms with Crippen LogP contribution in [0, 0.1) is 0 Å². The molecule has 1 amide bonds. The fourth-order valence-electron chi connectivity index (χ4n) is 1.50. The number of nitrogens with two attached hydrogens (primary N) is 1. The molecule has 0 unspecified atom stereocenters. The number of hydrogen-bond acceptors (Lipinski definition) is 3. The van der Waals surface area contributed by atoms with Gasteiger partial charge in [0.2, 0.25) is 5.56 Å². The van der Waals surface area contributed by atoms with Crippen molar-refractivity contribution in [1.82, 2.24) is 9.88 Å². The topological polar surface area (TPSA) is 79.2 Å². The zero-order valence-electron chi connectivity index (χ0n) is 9.40. The minimum Gasteiger partial charge on any atom is -0.337 e. The van der Waals surface area contributed by atoms with Crippen LogP contribution in [0.3, 0.4) is 0 Å². The number of nitrogens with one attached hydrogen (secondary N) is 1. The van der Waals surface area contributed by atoms with Gasteiger partial charge in [-0.15, -0.1) is 0 Å². The monoisotopic (exact) mass is 223 g/mol. The molecule has 0 aliphatic heterocycles. The first kappa shape index (κ1) is 12.4. The third-order valence-corrected chi connectivity index (χ3v) is 2.20. The van der Waals surface area contributed by atoms with E-state index >= 15 is 0 Å². The largest absolute Gasteiger partial charge is 0.337 e. The highest BCUT2D eigenvalue weighted by Gasteiger charge is 2.14. The van der Waals surface area contributed by atoms with E-state index in [2.05, 4.69) is 4.98 Å². The Kier molecular flexibility index (Phi) is 4.72. The van der Waals surface area contributed by atoms with E-state index in [9.17, 15) is 9.59 Å². The minimum absolute atomic E-state index is 0.140. The number of rotatable bonds is 5. The molecule has 5 nitrogen and oxygen atoms in total. The summed E-state index contributed by atoms with van der Waals surface area (Å²) in [4.78, 5) is 27.2. The van der Waals surface area contributed by atoms with E-state index in [1.807, 2.05) is 6.92 Å². The second kappa shape index (κ2) is 6.07. The summed E-state index contributed by atoms with van der Waals surface area (Å²) < 4.78 is 0. The maximum atomic E-state index is 12.0. The van der Waals surface area contributed by atoms with Crippen LogP contribution in [-0.2, 0) is 0 Å². The number of hydrogen-bond donors (Lipinski definition) is 2. The van der Waals surface area contributed by atoms with Crippen molar-refractivity contribution in [2.45, 2.75) is 13.3 Å². The van der Waals surface area contributed by atoms with Crippen molar-refractivity contribution in [1.29, 1.82) is 0 Å². The van der Waals surface area contributed by atoms with Crippen LogP contribution in [0.4, 0.5) is 0 Å². The third kappa shape index (κ3) is 3.20. The molecular weight excluding hydrogens is 206 g/mol. The van der Waals surface area contributed by atoms with Crippen molar-refractivity contribution in [3.05, 3.63) is 34.2 Å². The molecule has 1 rings (SSSR count). The molecule has 0 saturated carbocycles. The van der Waals surface area contributed by atoms with Gasteiger partial charge in [0.1, 0.15) is 0 Å². The van der Waals surface area contributed by atoms with Gasteiger partial charge < -0.3 is 15.6 Å². The normalized spacial score (nSPS) is 10.1. The SMILES string of the molecule is CCCN(CCN)C(=O)c1cc[nH]c(=O)c1. The van der Waals surface area contributed by atoms with Crippen molar-refractivity contribution >= 4 is 5.91 Å². The number of H-pyrrole nitrogens is 1. The summed E-state index contributed by atoms with van der Waals surface area (Å²) in [7, 11) is 0. The molecule has 1 aromatic heterocycles. The van der Waals surface area contributed by atoms with Crippen molar-refractivity contribution in [3.8, 4) is 0 Å². The van der Waals surface area contributed by atoms with Gasteiger partial charge in [-0.1, -0.05) is 6.92 Å². The zero-order chi connectivity index (χ0) is 12.0. The average Bonchev–Trinajstić information content (AvgIpc) is 2.28. The molecule has 0 aliphatic carbocycles. The van der Waals surface area contributed by atoms with Gasteiger partial charge in [-0.25, -0.2) is 0 Å². The van der Waals surface area contributed by atoms with Gasteiger partial charge in [-0.2, -0.15) is 0 Å². The van der Waals surface area contributed by atoms with Crippen LogP contribution in [0.15, 0.2) is 23.1 Å². The summed E-state index contributed by atoms with van der Waals surface area (Å²) in [5.74, 6) is -0.140. The first-order valence-electron chi connectivity index (χ1n) is 5.37. The summed E-state index contributed by atoms with van der Waals surface area (Å²) in [6.07, 6.45) is 2.34. The summed E-state index contributed by atoms with van der Waals surface area (Å²) in [5, 5.41) is 0. The second-order valence-electron chi connectivity index (χ2n) is 3.52. The van der Waals surface area contributed by atoms with E-state index in [0.29, 0.717) is 25.2 Å². The molecule has 0 radical (unpaired) electrons. The molecule has 3 N–H and O–H groups in total. The lowest BCUT2D eigenvalue weighted by atomic mass is 10.2. The predicted octanol–water partition coefficient (Wildman–Crippen LogP) is 0.186. The smallest absolute Gasteiger partial charge is 0.254 e. The lowest BCUT2D eigenvalue weighted by Gasteiger charge is -2.21. The molecule has 5 heteroatoms. The molecule has 88 valence electrons. The van der Waals surface area contributed by atoms with E-state index in [0.717, 1.165) is 6.42 Å². The summed E-state index contributed by atoms with van der Waals surface area (Å²) in [5.41, 5.74) is 5.58. The Bertz CT molecular complexity index is 394. The standard InChI is InChI=1S/C11H17N3O2/c1-2-6-14(7-4-12)11(16)9-3-5-13-10(15)8-9/h3,5,8H,2,4,6-7,12H2,1H3,(H,13,15). The van der Waals surface area contributed by atoms with Crippen molar-refractivity contribution in [2.24, 2.45) is 5.73 Å². The first-order valence-corrected chi connectivity index (χ1v) is 5.37. The lowest BCUT2D eigenvalue weighted by Crippen LogP contribution is -2.36. The van der Waals surface area contributed by atoms with E-state index in [-0.39, 0.29) is 11.5 Å². The molecule has 0 atom stereocenters. The summed E-state index contributed by atoms with van der Waals surface area (Å²) in [6.45, 7) is 3.59. The Morgan fingerprint density at radius 3 is 2.81 bits per heavy atom. The van der Waals surface area contributed by atoms with Crippen LogP contribution in [-0.4, -0.2) is 35.4 Å². The molecule has 0 bridgehead atoms. The molecule has 0 saturated heterocycles. The van der Waals surface area contributed by atoms with Crippen LogP contribution in [0.5, 0.6) is 0 Å². The number of amides is 1. The number of pyridine rings is 1. The molecular formula is C11H17N3O2. The molecule has 16 heavy (non-hydrogen) atoms. The van der Waals surface area contributed by atoms with Crippen LogP contribution in [0.25, 0.3) is 0 Å². The van der Waals surface area contributed by atoms with Crippen LogP contribution in [0.1, 0.15) is 23.7 Å². The highest BCUT2D eigenvalue weighted by molar-refractivity contribution is 5.94. The minimum atomic E-state index is -0.268. The highest BCUT2D eigenvalue weighted by Crippen LogP contribution is 2.02. The van der Waals surface area contributed by atoms with E-state index in [1.165, 1.54) is 12.3 Å². The van der Waals surface area contributed by atoms with Crippen molar-refractivity contribution in [2.75, 3.05) is 19.6 Å². The Morgan fingerprint density at radius 2 is 2.25 bits per heavy atom. The quantitative estimate of drug-likeness (QED) is 0.747. The fourth-order valence-corrected chi connectivity index (χ4v) is 1.50. The molecule has 0 aliphatic rings. The lowest BCUT2D eigenvalue weighted by molar-refractivity contribution is 0.0760.